The molecule has 3 rings (SSSR count). The van der Waals surface area contributed by atoms with Crippen molar-refractivity contribution in [3.05, 3.63) is 53.2 Å². The van der Waals surface area contributed by atoms with Crippen molar-refractivity contribution in [3.8, 4) is 11.6 Å². The van der Waals surface area contributed by atoms with Gasteiger partial charge in [0.15, 0.2) is 0 Å². The molecule has 1 aromatic carbocycles. The summed E-state index contributed by atoms with van der Waals surface area (Å²) in [5.41, 5.74) is 2.27. The van der Waals surface area contributed by atoms with Crippen LogP contribution in [0.25, 0.3) is 0 Å². The van der Waals surface area contributed by atoms with Crippen molar-refractivity contribution >= 4 is 5.91 Å². The predicted molar refractivity (Wildman–Crippen MR) is 97.5 cm³/mol. The molecule has 1 heterocycles. The molecule has 0 aliphatic heterocycles. The highest BCUT2D eigenvalue weighted by Crippen LogP contribution is 2.38. The number of carbonyl (C=O) groups is 1. The molecular formula is C20H24N2O4. The van der Waals surface area contributed by atoms with E-state index in [1.807, 2.05) is 25.1 Å². The van der Waals surface area contributed by atoms with Crippen LogP contribution >= 0.6 is 0 Å². The van der Waals surface area contributed by atoms with E-state index in [1.54, 1.807) is 32.5 Å². The second-order valence-corrected chi connectivity index (χ2v) is 6.62. The minimum atomic E-state index is -0.307. The second kappa shape index (κ2) is 7.74. The fraction of sp³-hybridized carbons (Fsp3) is 0.400. The normalized spacial score (nSPS) is 20.0. The zero-order chi connectivity index (χ0) is 18.7. The molecular weight excluding hydrogens is 332 g/mol. The van der Waals surface area contributed by atoms with Gasteiger partial charge in [-0.25, -0.2) is 4.98 Å². The maximum atomic E-state index is 13.0. The third-order valence-electron chi connectivity index (χ3n) is 4.92. The number of aryl methyl sites for hydroxylation is 1. The standard InChI is InChI=1S/C20H24N2O4/c1-12-5-4-6-16(25-2)18(12)20(24)22-19(14-9-15(23)10-14)13-7-8-17(26-3)21-11-13/h4-8,11,14-15,19,23H,9-10H2,1-3H3,(H,22,24)/t14?,15?,19-/m1/s1. The summed E-state index contributed by atoms with van der Waals surface area (Å²) in [6.45, 7) is 1.88. The van der Waals surface area contributed by atoms with E-state index in [4.69, 9.17) is 9.47 Å². The summed E-state index contributed by atoms with van der Waals surface area (Å²) in [4.78, 5) is 17.2. The first kappa shape index (κ1) is 18.2. The van der Waals surface area contributed by atoms with Crippen molar-refractivity contribution < 1.29 is 19.4 Å². The summed E-state index contributed by atoms with van der Waals surface area (Å²) in [7, 11) is 3.12. The fourth-order valence-corrected chi connectivity index (χ4v) is 3.39. The Kier molecular flexibility index (Phi) is 5.42. The summed E-state index contributed by atoms with van der Waals surface area (Å²) >= 11 is 0. The van der Waals surface area contributed by atoms with Crippen LogP contribution in [0.15, 0.2) is 36.5 Å². The van der Waals surface area contributed by atoms with Gasteiger partial charge < -0.3 is 19.9 Å². The summed E-state index contributed by atoms with van der Waals surface area (Å²) < 4.78 is 10.5. The Bertz CT molecular complexity index is 770. The highest BCUT2D eigenvalue weighted by molar-refractivity contribution is 5.98. The molecule has 1 saturated carbocycles. The van der Waals surface area contributed by atoms with Crippen molar-refractivity contribution in [2.24, 2.45) is 5.92 Å². The van der Waals surface area contributed by atoms with Crippen molar-refractivity contribution in [1.82, 2.24) is 10.3 Å². The molecule has 1 aliphatic rings. The molecule has 1 aliphatic carbocycles. The minimum Gasteiger partial charge on any atom is -0.496 e. The lowest BCUT2D eigenvalue weighted by Crippen LogP contribution is -2.41. The molecule has 0 radical (unpaired) electrons. The maximum Gasteiger partial charge on any atom is 0.255 e. The van der Waals surface area contributed by atoms with E-state index < -0.39 is 0 Å². The summed E-state index contributed by atoms with van der Waals surface area (Å²) in [6, 6.07) is 8.97. The summed E-state index contributed by atoms with van der Waals surface area (Å²) in [6.07, 6.45) is 2.71. The molecule has 1 aromatic heterocycles. The molecule has 1 atom stereocenters. The van der Waals surface area contributed by atoms with Crippen LogP contribution in [0.5, 0.6) is 11.6 Å². The molecule has 1 amide bonds. The number of carbonyl (C=O) groups excluding carboxylic acids is 1. The third-order valence-corrected chi connectivity index (χ3v) is 4.92. The molecule has 2 aromatic rings. The minimum absolute atomic E-state index is 0.166. The van der Waals surface area contributed by atoms with Crippen molar-refractivity contribution in [2.45, 2.75) is 31.9 Å². The average molecular weight is 356 g/mol. The highest BCUT2D eigenvalue weighted by Gasteiger charge is 2.36. The Hall–Kier alpha value is -2.60. The fourth-order valence-electron chi connectivity index (χ4n) is 3.39. The Balaban J connectivity index is 1.87. The van der Waals surface area contributed by atoms with E-state index in [0.717, 1.165) is 11.1 Å². The van der Waals surface area contributed by atoms with E-state index in [1.165, 1.54) is 0 Å². The lowest BCUT2D eigenvalue weighted by Gasteiger charge is -2.38. The molecule has 6 nitrogen and oxygen atoms in total. The first-order chi connectivity index (χ1) is 12.5. The van der Waals surface area contributed by atoms with Crippen LogP contribution in [0, 0.1) is 12.8 Å². The van der Waals surface area contributed by atoms with Crippen LogP contribution in [0.4, 0.5) is 0 Å². The largest absolute Gasteiger partial charge is 0.496 e. The SMILES string of the molecule is COc1ccc([C@@H](NC(=O)c2c(C)cccc2OC)C2CC(O)C2)cn1. The number of nitrogens with one attached hydrogen (secondary N) is 1. The molecule has 138 valence electrons. The van der Waals surface area contributed by atoms with Gasteiger partial charge in [-0.05, 0) is 42.9 Å². The van der Waals surface area contributed by atoms with Gasteiger partial charge in [-0.1, -0.05) is 18.2 Å². The van der Waals surface area contributed by atoms with Crippen molar-refractivity contribution in [2.75, 3.05) is 14.2 Å². The van der Waals surface area contributed by atoms with E-state index in [2.05, 4.69) is 10.3 Å². The number of rotatable bonds is 6. The summed E-state index contributed by atoms with van der Waals surface area (Å²) in [5, 5.41) is 12.8. The zero-order valence-corrected chi connectivity index (χ0v) is 15.2. The van der Waals surface area contributed by atoms with Crippen molar-refractivity contribution in [1.29, 1.82) is 0 Å². The molecule has 0 spiro atoms. The Morgan fingerprint density at radius 1 is 1.23 bits per heavy atom. The molecule has 26 heavy (non-hydrogen) atoms. The quantitative estimate of drug-likeness (QED) is 0.832. The van der Waals surface area contributed by atoms with E-state index in [-0.39, 0.29) is 24.0 Å². The van der Waals surface area contributed by atoms with Gasteiger partial charge in [0.1, 0.15) is 5.75 Å². The number of pyridine rings is 1. The third kappa shape index (κ3) is 3.65. The molecule has 6 heteroatoms. The number of aliphatic hydroxyl groups is 1. The average Bonchev–Trinajstić information content (AvgIpc) is 2.63. The number of benzene rings is 1. The number of hydrogen-bond acceptors (Lipinski definition) is 5. The molecule has 2 N–H and O–H groups in total. The second-order valence-electron chi connectivity index (χ2n) is 6.62. The van der Waals surface area contributed by atoms with Crippen LogP contribution in [0.2, 0.25) is 0 Å². The Morgan fingerprint density at radius 3 is 2.58 bits per heavy atom. The van der Waals surface area contributed by atoms with Gasteiger partial charge in [-0.15, -0.1) is 0 Å². The first-order valence-electron chi connectivity index (χ1n) is 8.66. The number of nitrogens with zero attached hydrogens (tertiary/aromatic N) is 1. The monoisotopic (exact) mass is 356 g/mol. The Morgan fingerprint density at radius 2 is 2.00 bits per heavy atom. The molecule has 0 bridgehead atoms. The topological polar surface area (TPSA) is 80.7 Å². The highest BCUT2D eigenvalue weighted by atomic mass is 16.5. The van der Waals surface area contributed by atoms with Gasteiger partial charge in [-0.2, -0.15) is 0 Å². The lowest BCUT2D eigenvalue weighted by molar-refractivity contribution is 0.0234. The van der Waals surface area contributed by atoms with Gasteiger partial charge in [0.25, 0.3) is 5.91 Å². The Labute approximate surface area is 153 Å². The molecule has 0 saturated heterocycles. The number of amides is 1. The van der Waals surface area contributed by atoms with Gasteiger partial charge in [-0.3, -0.25) is 4.79 Å². The van der Waals surface area contributed by atoms with Gasteiger partial charge >= 0.3 is 0 Å². The molecule has 0 unspecified atom stereocenters. The van der Waals surface area contributed by atoms with Gasteiger partial charge in [0.05, 0.1) is 31.9 Å². The smallest absolute Gasteiger partial charge is 0.255 e. The van der Waals surface area contributed by atoms with Gasteiger partial charge in [0, 0.05) is 12.3 Å². The number of methoxy groups -OCH3 is 2. The van der Waals surface area contributed by atoms with Crippen LogP contribution in [0.1, 0.15) is 40.4 Å². The van der Waals surface area contributed by atoms with Crippen LogP contribution in [-0.4, -0.2) is 36.3 Å². The first-order valence-corrected chi connectivity index (χ1v) is 8.66. The summed E-state index contributed by atoms with van der Waals surface area (Å²) in [5.74, 6) is 1.04. The van der Waals surface area contributed by atoms with Gasteiger partial charge in [0.2, 0.25) is 5.88 Å². The number of aliphatic hydroxyl groups excluding tert-OH is 1. The van der Waals surface area contributed by atoms with Crippen LogP contribution < -0.4 is 14.8 Å². The predicted octanol–water partition coefficient (Wildman–Crippen LogP) is 2.65. The number of hydrogen-bond donors (Lipinski definition) is 2. The van der Waals surface area contributed by atoms with E-state index in [9.17, 15) is 9.90 Å². The van der Waals surface area contributed by atoms with Crippen LogP contribution in [0.3, 0.4) is 0 Å². The van der Waals surface area contributed by atoms with E-state index >= 15 is 0 Å². The maximum absolute atomic E-state index is 13.0. The molecule has 1 fully saturated rings. The van der Waals surface area contributed by atoms with E-state index in [0.29, 0.717) is 30.0 Å². The number of ether oxygens (including phenoxy) is 2. The number of aromatic nitrogens is 1. The zero-order valence-electron chi connectivity index (χ0n) is 15.2. The lowest BCUT2D eigenvalue weighted by atomic mass is 9.75. The van der Waals surface area contributed by atoms with Crippen LogP contribution in [-0.2, 0) is 0 Å². The van der Waals surface area contributed by atoms with Crippen molar-refractivity contribution in [3.63, 3.8) is 0 Å².